The van der Waals surface area contributed by atoms with Crippen LogP contribution in [0.5, 0.6) is 0 Å². The maximum Gasteiger partial charge on any atom is 0.0686 e. The van der Waals surface area contributed by atoms with Crippen molar-refractivity contribution in [2.45, 2.75) is 71.8 Å². The second kappa shape index (κ2) is 2.68. The Morgan fingerprint density at radius 1 is 1.06 bits per heavy atom. The van der Waals surface area contributed by atoms with E-state index in [1.807, 2.05) is 0 Å². The highest BCUT2D eigenvalue weighted by molar-refractivity contribution is 5.32. The summed E-state index contributed by atoms with van der Waals surface area (Å²) in [4.78, 5) is 0. The van der Waals surface area contributed by atoms with Gasteiger partial charge in [-0.05, 0) is 49.4 Å². The second-order valence-corrected chi connectivity index (χ2v) is 7.69. The van der Waals surface area contributed by atoms with Crippen molar-refractivity contribution in [3.05, 3.63) is 0 Å². The van der Waals surface area contributed by atoms with E-state index in [1.165, 1.54) is 32.1 Å². The molecular weight excluding hydrogens is 196 g/mol. The van der Waals surface area contributed by atoms with Crippen molar-refractivity contribution in [1.29, 1.82) is 0 Å². The zero-order valence-corrected chi connectivity index (χ0v) is 11.3. The van der Waals surface area contributed by atoms with Gasteiger partial charge in [-0.1, -0.05) is 33.6 Å². The molecule has 0 radical (unpaired) electrons. The summed E-state index contributed by atoms with van der Waals surface area (Å²) in [5, 5.41) is 10.9. The van der Waals surface area contributed by atoms with E-state index in [9.17, 15) is 5.11 Å². The molecule has 1 N–H and O–H groups in total. The van der Waals surface area contributed by atoms with Crippen molar-refractivity contribution >= 4 is 0 Å². The number of hydrogen-bond acceptors (Lipinski definition) is 1. The molecule has 4 unspecified atom stereocenters. The van der Waals surface area contributed by atoms with E-state index in [0.29, 0.717) is 10.8 Å². The van der Waals surface area contributed by atoms with E-state index in [1.54, 1.807) is 0 Å². The van der Waals surface area contributed by atoms with Crippen molar-refractivity contribution in [2.75, 3.05) is 0 Å². The molecule has 0 amide bonds. The lowest BCUT2D eigenvalue weighted by Crippen LogP contribution is -2.44. The van der Waals surface area contributed by atoms with Crippen molar-refractivity contribution in [3.63, 3.8) is 0 Å². The molecular formula is C15H26O. The van der Waals surface area contributed by atoms with Crippen LogP contribution in [-0.4, -0.2) is 10.7 Å². The van der Waals surface area contributed by atoms with Crippen LogP contribution in [0.3, 0.4) is 0 Å². The van der Waals surface area contributed by atoms with E-state index in [0.717, 1.165) is 12.3 Å². The van der Waals surface area contributed by atoms with Gasteiger partial charge in [-0.3, -0.25) is 0 Å². The molecule has 3 aliphatic rings. The fourth-order valence-corrected chi connectivity index (χ4v) is 5.96. The van der Waals surface area contributed by atoms with E-state index < -0.39 is 5.60 Å². The molecule has 4 atom stereocenters. The summed E-state index contributed by atoms with van der Waals surface area (Å²) >= 11 is 0. The number of hydrogen-bond donors (Lipinski definition) is 1. The third kappa shape index (κ3) is 0.903. The Hall–Kier alpha value is -0.0400. The van der Waals surface area contributed by atoms with Crippen LogP contribution in [0.15, 0.2) is 0 Å². The van der Waals surface area contributed by atoms with Gasteiger partial charge in [-0.2, -0.15) is 0 Å². The van der Waals surface area contributed by atoms with Gasteiger partial charge in [0.15, 0.2) is 0 Å². The van der Waals surface area contributed by atoms with Gasteiger partial charge in [0.2, 0.25) is 0 Å². The van der Waals surface area contributed by atoms with Crippen molar-refractivity contribution < 1.29 is 5.11 Å². The van der Waals surface area contributed by atoms with Gasteiger partial charge in [-0.25, -0.2) is 0 Å². The molecule has 1 heteroatoms. The molecule has 0 heterocycles. The normalized spacial score (nSPS) is 58.7. The zero-order chi connectivity index (χ0) is 11.8. The monoisotopic (exact) mass is 222 g/mol. The highest BCUT2D eigenvalue weighted by Crippen LogP contribution is 2.87. The minimum absolute atomic E-state index is 0.239. The van der Waals surface area contributed by atoms with Crippen LogP contribution in [-0.2, 0) is 0 Å². The molecule has 0 aliphatic heterocycles. The average Bonchev–Trinajstić information content (AvgIpc) is 2.82. The lowest BCUT2D eigenvalue weighted by atomic mass is 9.64. The third-order valence-electron chi connectivity index (χ3n) is 6.82. The SMILES string of the molecule is CC1CCCC(C)(C)C23CC12CCC3(C)O. The largest absolute Gasteiger partial charge is 0.390 e. The maximum absolute atomic E-state index is 10.9. The predicted octanol–water partition coefficient (Wildman–Crippen LogP) is 3.75. The second-order valence-electron chi connectivity index (χ2n) is 7.69. The first kappa shape index (κ1) is 11.1. The molecule has 0 aromatic rings. The minimum atomic E-state index is -0.408. The van der Waals surface area contributed by atoms with Crippen molar-refractivity contribution in [3.8, 4) is 0 Å². The van der Waals surface area contributed by atoms with Crippen LogP contribution >= 0.6 is 0 Å². The molecule has 16 heavy (non-hydrogen) atoms. The van der Waals surface area contributed by atoms with E-state index in [-0.39, 0.29) is 5.41 Å². The Morgan fingerprint density at radius 2 is 1.75 bits per heavy atom. The van der Waals surface area contributed by atoms with Gasteiger partial charge >= 0.3 is 0 Å². The fourth-order valence-electron chi connectivity index (χ4n) is 5.96. The summed E-state index contributed by atoms with van der Waals surface area (Å²) in [7, 11) is 0. The number of rotatable bonds is 0. The van der Waals surface area contributed by atoms with Gasteiger partial charge in [0.1, 0.15) is 0 Å². The first-order valence-corrected chi connectivity index (χ1v) is 7.02. The lowest BCUT2D eigenvalue weighted by molar-refractivity contribution is -0.0703. The van der Waals surface area contributed by atoms with E-state index in [4.69, 9.17) is 0 Å². The first-order chi connectivity index (χ1) is 7.29. The highest BCUT2D eigenvalue weighted by Gasteiger charge is 2.83. The molecule has 0 saturated heterocycles. The Kier molecular flexibility index (Phi) is 1.86. The molecule has 3 saturated carbocycles. The van der Waals surface area contributed by atoms with Gasteiger partial charge < -0.3 is 5.11 Å². The molecule has 3 rings (SSSR count). The Bertz CT molecular complexity index is 330. The quantitative estimate of drug-likeness (QED) is 0.662. The summed E-state index contributed by atoms with van der Waals surface area (Å²) < 4.78 is 0. The molecule has 0 bridgehead atoms. The van der Waals surface area contributed by atoms with Crippen molar-refractivity contribution in [2.24, 2.45) is 22.2 Å². The Morgan fingerprint density at radius 3 is 2.44 bits per heavy atom. The summed E-state index contributed by atoms with van der Waals surface area (Å²) in [6.07, 6.45) is 7.62. The minimum Gasteiger partial charge on any atom is -0.390 e. The van der Waals surface area contributed by atoms with Gasteiger partial charge in [0.05, 0.1) is 5.60 Å². The summed E-state index contributed by atoms with van der Waals surface area (Å²) in [5.74, 6) is 0.822. The molecule has 0 spiro atoms. The Balaban J connectivity index is 2.12. The molecule has 92 valence electrons. The van der Waals surface area contributed by atoms with Gasteiger partial charge in [0.25, 0.3) is 0 Å². The van der Waals surface area contributed by atoms with Crippen LogP contribution in [0, 0.1) is 22.2 Å². The Labute approximate surface area is 99.6 Å². The van der Waals surface area contributed by atoms with E-state index in [2.05, 4.69) is 27.7 Å². The fraction of sp³-hybridized carbons (Fsp3) is 1.00. The average molecular weight is 222 g/mol. The zero-order valence-electron chi connectivity index (χ0n) is 11.3. The maximum atomic E-state index is 10.9. The van der Waals surface area contributed by atoms with Crippen LogP contribution in [0.4, 0.5) is 0 Å². The third-order valence-corrected chi connectivity index (χ3v) is 6.82. The van der Waals surface area contributed by atoms with E-state index >= 15 is 0 Å². The standard InChI is InChI=1S/C15H26O/c1-11-6-5-7-12(2,3)15-10-14(11,15)9-8-13(15,4)16/h11,16H,5-10H2,1-4H3. The molecule has 3 aliphatic carbocycles. The molecule has 0 aromatic carbocycles. The van der Waals surface area contributed by atoms with Gasteiger partial charge in [-0.15, -0.1) is 0 Å². The van der Waals surface area contributed by atoms with Crippen LogP contribution < -0.4 is 0 Å². The summed E-state index contributed by atoms with van der Waals surface area (Å²) in [5.41, 5.74) is 0.659. The number of aliphatic hydroxyl groups is 1. The molecule has 1 nitrogen and oxygen atoms in total. The smallest absolute Gasteiger partial charge is 0.0686 e. The first-order valence-electron chi connectivity index (χ1n) is 7.02. The van der Waals surface area contributed by atoms with Gasteiger partial charge in [0, 0.05) is 5.41 Å². The lowest BCUT2D eigenvalue weighted by Gasteiger charge is -2.43. The summed E-state index contributed by atoms with van der Waals surface area (Å²) in [6, 6.07) is 0. The topological polar surface area (TPSA) is 20.2 Å². The molecule has 0 aromatic heterocycles. The van der Waals surface area contributed by atoms with Crippen LogP contribution in [0.1, 0.15) is 66.2 Å². The summed E-state index contributed by atoms with van der Waals surface area (Å²) in [6.45, 7) is 9.37. The molecule has 3 fully saturated rings. The van der Waals surface area contributed by atoms with Crippen LogP contribution in [0.25, 0.3) is 0 Å². The van der Waals surface area contributed by atoms with Crippen molar-refractivity contribution in [1.82, 2.24) is 0 Å². The van der Waals surface area contributed by atoms with Crippen LogP contribution in [0.2, 0.25) is 0 Å². The highest BCUT2D eigenvalue weighted by atomic mass is 16.3. The predicted molar refractivity (Wildman–Crippen MR) is 66.1 cm³/mol.